The highest BCUT2D eigenvalue weighted by molar-refractivity contribution is 14.0. The van der Waals surface area contributed by atoms with E-state index < -0.39 is 12.7 Å². The van der Waals surface area contributed by atoms with E-state index in [1.807, 2.05) is 31.2 Å². The lowest BCUT2D eigenvalue weighted by atomic mass is 10.2. The number of hydrogen-bond acceptors (Lipinski definition) is 2. The van der Waals surface area contributed by atoms with Gasteiger partial charge in [0.05, 0.1) is 6.54 Å². The number of anilines is 1. The second-order valence-corrected chi connectivity index (χ2v) is 4.97. The summed E-state index contributed by atoms with van der Waals surface area (Å²) in [5.74, 6) is 0.263. The van der Waals surface area contributed by atoms with Crippen LogP contribution in [0, 0.1) is 6.92 Å². The fourth-order valence-corrected chi connectivity index (χ4v) is 1.84. The number of benzene rings is 1. The topological polar surface area (TPSA) is 53.6 Å². The predicted octanol–water partition coefficient (Wildman–Crippen LogP) is 3.22. The third kappa shape index (κ3) is 9.82. The van der Waals surface area contributed by atoms with E-state index in [0.717, 1.165) is 11.3 Å². The van der Waals surface area contributed by atoms with Crippen molar-refractivity contribution in [1.29, 1.82) is 0 Å². The van der Waals surface area contributed by atoms with Gasteiger partial charge in [0.15, 0.2) is 5.96 Å². The smallest absolute Gasteiger partial charge is 0.370 e. The third-order valence-corrected chi connectivity index (χ3v) is 2.72. The molecule has 0 atom stereocenters. The first-order chi connectivity index (χ1) is 9.76. The van der Waals surface area contributed by atoms with Crippen LogP contribution in [-0.2, 0) is 0 Å². The van der Waals surface area contributed by atoms with Crippen LogP contribution in [0.3, 0.4) is 0 Å². The van der Waals surface area contributed by atoms with E-state index in [2.05, 4.69) is 10.3 Å². The molecule has 1 aromatic carbocycles. The van der Waals surface area contributed by atoms with Crippen molar-refractivity contribution in [3.63, 3.8) is 0 Å². The van der Waals surface area contributed by atoms with Crippen LogP contribution in [0.2, 0.25) is 0 Å². The molecule has 0 aliphatic rings. The zero-order chi connectivity index (χ0) is 15.9. The largest absolute Gasteiger partial charge is 0.401 e. The van der Waals surface area contributed by atoms with Gasteiger partial charge in [-0.25, -0.2) is 0 Å². The summed E-state index contributed by atoms with van der Waals surface area (Å²) in [4.78, 5) is 5.31. The number of hydrogen-bond donors (Lipinski definition) is 2. The van der Waals surface area contributed by atoms with Crippen molar-refractivity contribution in [3.8, 4) is 0 Å². The lowest BCUT2D eigenvalue weighted by Crippen LogP contribution is -2.32. The number of alkyl halides is 3. The number of nitrogens with zero attached hydrogens (tertiary/aromatic N) is 2. The molecule has 0 saturated heterocycles. The second-order valence-electron chi connectivity index (χ2n) is 4.97. The Hall–Kier alpha value is -1.03. The molecule has 8 heteroatoms. The van der Waals surface area contributed by atoms with E-state index in [0.29, 0.717) is 19.5 Å². The van der Waals surface area contributed by atoms with Crippen LogP contribution in [0.25, 0.3) is 0 Å². The average molecular weight is 430 g/mol. The second kappa shape index (κ2) is 9.88. The quantitative estimate of drug-likeness (QED) is 0.316. The SMILES string of the molecule is Cc1cccc(NC(N)=NCCCN(C)CC(F)(F)F)c1.I. The minimum absolute atomic E-state index is 0. The normalized spacial score (nSPS) is 12.2. The first-order valence-corrected chi connectivity index (χ1v) is 6.65. The first kappa shape index (κ1) is 21.0. The fourth-order valence-electron chi connectivity index (χ4n) is 1.84. The van der Waals surface area contributed by atoms with Crippen LogP contribution in [0.5, 0.6) is 0 Å². The molecule has 0 aliphatic heterocycles. The molecule has 0 aliphatic carbocycles. The Bertz CT molecular complexity index is 477. The number of nitrogens with one attached hydrogen (secondary N) is 1. The molecule has 0 aromatic heterocycles. The summed E-state index contributed by atoms with van der Waals surface area (Å²) >= 11 is 0. The summed E-state index contributed by atoms with van der Waals surface area (Å²) in [6.45, 7) is 1.76. The minimum atomic E-state index is -4.16. The van der Waals surface area contributed by atoms with Crippen molar-refractivity contribution >= 4 is 35.6 Å². The maximum Gasteiger partial charge on any atom is 0.401 e. The van der Waals surface area contributed by atoms with Crippen molar-refractivity contribution in [2.24, 2.45) is 10.7 Å². The molecule has 0 saturated carbocycles. The first-order valence-electron chi connectivity index (χ1n) is 6.65. The number of aliphatic imine (C=N–C) groups is 1. The summed E-state index contributed by atoms with van der Waals surface area (Å²) in [6, 6.07) is 7.66. The number of halogens is 4. The highest BCUT2D eigenvalue weighted by Crippen LogP contribution is 2.15. The zero-order valence-corrected chi connectivity index (χ0v) is 15.0. The van der Waals surface area contributed by atoms with Gasteiger partial charge in [0.2, 0.25) is 0 Å². The highest BCUT2D eigenvalue weighted by atomic mass is 127. The van der Waals surface area contributed by atoms with Gasteiger partial charge in [-0.15, -0.1) is 24.0 Å². The van der Waals surface area contributed by atoms with Crippen molar-refractivity contribution in [3.05, 3.63) is 29.8 Å². The maximum absolute atomic E-state index is 12.1. The van der Waals surface area contributed by atoms with E-state index in [1.165, 1.54) is 11.9 Å². The molecule has 4 nitrogen and oxygen atoms in total. The Kier molecular flexibility index (Phi) is 9.42. The van der Waals surface area contributed by atoms with Gasteiger partial charge in [-0.05, 0) is 44.6 Å². The summed E-state index contributed by atoms with van der Waals surface area (Å²) < 4.78 is 36.4. The zero-order valence-electron chi connectivity index (χ0n) is 12.7. The van der Waals surface area contributed by atoms with Gasteiger partial charge in [0.25, 0.3) is 0 Å². The number of aryl methyl sites for hydroxylation is 1. The van der Waals surface area contributed by atoms with Crippen molar-refractivity contribution in [2.75, 3.05) is 32.0 Å². The van der Waals surface area contributed by atoms with Gasteiger partial charge in [-0.3, -0.25) is 9.89 Å². The number of guanidine groups is 1. The van der Waals surface area contributed by atoms with Crippen LogP contribution < -0.4 is 11.1 Å². The van der Waals surface area contributed by atoms with Gasteiger partial charge in [-0.1, -0.05) is 12.1 Å². The predicted molar refractivity (Wildman–Crippen MR) is 94.9 cm³/mol. The molecule has 1 aromatic rings. The summed E-state index contributed by atoms with van der Waals surface area (Å²) in [5.41, 5.74) is 7.66. The molecule has 0 fully saturated rings. The lowest BCUT2D eigenvalue weighted by Gasteiger charge is -2.17. The van der Waals surface area contributed by atoms with Crippen LogP contribution in [0.4, 0.5) is 18.9 Å². The van der Waals surface area contributed by atoms with Gasteiger partial charge >= 0.3 is 6.18 Å². The van der Waals surface area contributed by atoms with Gasteiger partial charge < -0.3 is 11.1 Å². The molecule has 22 heavy (non-hydrogen) atoms. The van der Waals surface area contributed by atoms with Crippen molar-refractivity contribution in [1.82, 2.24) is 4.90 Å². The van der Waals surface area contributed by atoms with Crippen LogP contribution in [0.1, 0.15) is 12.0 Å². The molecular weight excluding hydrogens is 408 g/mol. The van der Waals surface area contributed by atoms with Crippen LogP contribution in [0.15, 0.2) is 29.3 Å². The van der Waals surface area contributed by atoms with Crippen LogP contribution >= 0.6 is 24.0 Å². The van der Waals surface area contributed by atoms with Gasteiger partial charge in [0.1, 0.15) is 0 Å². The molecule has 0 unspecified atom stereocenters. The Morgan fingerprint density at radius 2 is 2.05 bits per heavy atom. The third-order valence-electron chi connectivity index (χ3n) is 2.72. The molecule has 3 N–H and O–H groups in total. The summed E-state index contributed by atoms with van der Waals surface area (Å²) in [7, 11) is 1.44. The molecule has 0 amide bonds. The monoisotopic (exact) mass is 430 g/mol. The van der Waals surface area contributed by atoms with Gasteiger partial charge in [-0.2, -0.15) is 13.2 Å². The summed E-state index contributed by atoms with van der Waals surface area (Å²) in [6.07, 6.45) is -3.65. The standard InChI is InChI=1S/C14H21F3N4.HI/c1-11-5-3-6-12(9-11)20-13(18)19-7-4-8-21(2)10-14(15,16)17;/h3,5-6,9H,4,7-8,10H2,1-2H3,(H3,18,19,20);1H. The Labute approximate surface area is 146 Å². The van der Waals surface area contributed by atoms with E-state index in [9.17, 15) is 13.2 Å². The van der Waals surface area contributed by atoms with E-state index in [4.69, 9.17) is 5.73 Å². The number of rotatable bonds is 6. The molecule has 0 heterocycles. The summed E-state index contributed by atoms with van der Waals surface area (Å²) in [5, 5.41) is 2.94. The molecular formula is C14H22F3IN4. The Balaban J connectivity index is 0.00000441. The number of nitrogens with two attached hydrogens (primary N) is 1. The van der Waals surface area contributed by atoms with E-state index in [-0.39, 0.29) is 29.9 Å². The Morgan fingerprint density at radius 3 is 2.64 bits per heavy atom. The van der Waals surface area contributed by atoms with Crippen molar-refractivity contribution in [2.45, 2.75) is 19.5 Å². The van der Waals surface area contributed by atoms with Gasteiger partial charge in [0, 0.05) is 12.2 Å². The Morgan fingerprint density at radius 1 is 1.36 bits per heavy atom. The van der Waals surface area contributed by atoms with Crippen LogP contribution in [-0.4, -0.2) is 43.7 Å². The molecule has 0 spiro atoms. The minimum Gasteiger partial charge on any atom is -0.370 e. The fraction of sp³-hybridized carbons (Fsp3) is 0.500. The average Bonchev–Trinajstić information content (AvgIpc) is 2.32. The van der Waals surface area contributed by atoms with E-state index >= 15 is 0 Å². The van der Waals surface area contributed by atoms with Crippen molar-refractivity contribution < 1.29 is 13.2 Å². The maximum atomic E-state index is 12.1. The molecule has 0 bridgehead atoms. The lowest BCUT2D eigenvalue weighted by molar-refractivity contribution is -0.143. The molecule has 126 valence electrons. The molecule has 0 radical (unpaired) electrons. The highest BCUT2D eigenvalue weighted by Gasteiger charge is 2.28. The van der Waals surface area contributed by atoms with E-state index in [1.54, 1.807) is 0 Å². The molecule has 1 rings (SSSR count).